The molecule has 26 heavy (non-hydrogen) atoms. The van der Waals surface area contributed by atoms with E-state index in [0.29, 0.717) is 34.1 Å². The number of hydrogen-bond donors (Lipinski definition) is 2. The van der Waals surface area contributed by atoms with Crippen LogP contribution in [0.1, 0.15) is 21.5 Å². The lowest BCUT2D eigenvalue weighted by Gasteiger charge is -2.10. The van der Waals surface area contributed by atoms with Crippen LogP contribution in [-0.4, -0.2) is 10.9 Å². The molecule has 0 bridgehead atoms. The molecule has 0 fully saturated rings. The zero-order valence-corrected chi connectivity index (χ0v) is 14.8. The highest BCUT2D eigenvalue weighted by molar-refractivity contribution is 6.31. The molecule has 0 saturated carbocycles. The Morgan fingerprint density at radius 3 is 2.69 bits per heavy atom. The minimum absolute atomic E-state index is 0.280. The van der Waals surface area contributed by atoms with Gasteiger partial charge in [-0.3, -0.25) is 9.78 Å². The van der Waals surface area contributed by atoms with Gasteiger partial charge in [-0.25, -0.2) is 4.39 Å². The number of pyridine rings is 1. The van der Waals surface area contributed by atoms with Gasteiger partial charge in [0.2, 0.25) is 0 Å². The van der Waals surface area contributed by atoms with Crippen LogP contribution in [0.4, 0.5) is 15.8 Å². The zero-order valence-electron chi connectivity index (χ0n) is 14.1. The molecule has 1 heterocycles. The smallest absolute Gasteiger partial charge is 0.257 e. The van der Waals surface area contributed by atoms with Crippen molar-refractivity contribution in [2.75, 3.05) is 10.6 Å². The molecule has 4 nitrogen and oxygen atoms in total. The largest absolute Gasteiger partial charge is 0.380 e. The molecule has 0 aliphatic carbocycles. The van der Waals surface area contributed by atoms with Crippen molar-refractivity contribution in [1.82, 2.24) is 4.98 Å². The van der Waals surface area contributed by atoms with Crippen molar-refractivity contribution in [3.05, 3.63) is 88.5 Å². The molecule has 0 saturated heterocycles. The van der Waals surface area contributed by atoms with Gasteiger partial charge in [-0.15, -0.1) is 0 Å². The van der Waals surface area contributed by atoms with Gasteiger partial charge in [0.1, 0.15) is 5.82 Å². The lowest BCUT2D eigenvalue weighted by atomic mass is 10.2. The number of amides is 1. The molecule has 132 valence electrons. The van der Waals surface area contributed by atoms with Gasteiger partial charge in [0.05, 0.1) is 11.3 Å². The normalized spacial score (nSPS) is 10.4. The van der Waals surface area contributed by atoms with Gasteiger partial charge in [0.15, 0.2) is 0 Å². The Morgan fingerprint density at radius 1 is 1.12 bits per heavy atom. The Kier molecular flexibility index (Phi) is 5.49. The summed E-state index contributed by atoms with van der Waals surface area (Å²) in [5.41, 5.74) is 3.10. The predicted molar refractivity (Wildman–Crippen MR) is 102 cm³/mol. The number of nitrogens with one attached hydrogen (secondary N) is 2. The number of anilines is 2. The molecule has 3 aromatic rings. The fraction of sp³-hybridized carbons (Fsp3) is 0.100. The van der Waals surface area contributed by atoms with Crippen LogP contribution in [0.15, 0.2) is 60.9 Å². The third kappa shape index (κ3) is 4.37. The molecule has 0 spiro atoms. The molecule has 1 aromatic heterocycles. The predicted octanol–water partition coefficient (Wildman–Crippen LogP) is 5.05. The summed E-state index contributed by atoms with van der Waals surface area (Å²) >= 11 is 6.08. The van der Waals surface area contributed by atoms with Gasteiger partial charge < -0.3 is 10.6 Å². The Hall–Kier alpha value is -2.92. The fourth-order valence-electron chi connectivity index (χ4n) is 2.37. The highest BCUT2D eigenvalue weighted by Crippen LogP contribution is 2.21. The summed E-state index contributed by atoms with van der Waals surface area (Å²) in [6, 6.07) is 13.5. The van der Waals surface area contributed by atoms with Gasteiger partial charge in [-0.2, -0.15) is 0 Å². The van der Waals surface area contributed by atoms with E-state index in [0.717, 1.165) is 5.56 Å². The average Bonchev–Trinajstić information content (AvgIpc) is 2.64. The lowest BCUT2D eigenvalue weighted by molar-refractivity contribution is 0.102. The fourth-order valence-corrected chi connectivity index (χ4v) is 2.55. The average molecular weight is 370 g/mol. The van der Waals surface area contributed by atoms with Gasteiger partial charge in [0.25, 0.3) is 5.91 Å². The Balaban J connectivity index is 1.69. The van der Waals surface area contributed by atoms with Crippen molar-refractivity contribution in [3.63, 3.8) is 0 Å². The number of rotatable bonds is 5. The van der Waals surface area contributed by atoms with Crippen LogP contribution in [0, 0.1) is 12.7 Å². The summed E-state index contributed by atoms with van der Waals surface area (Å²) in [7, 11) is 0. The Labute approximate surface area is 156 Å². The van der Waals surface area contributed by atoms with Crippen LogP contribution >= 0.6 is 11.6 Å². The number of benzene rings is 2. The highest BCUT2D eigenvalue weighted by atomic mass is 35.5. The number of aryl methyl sites for hydroxylation is 1. The molecule has 3 rings (SSSR count). The zero-order chi connectivity index (χ0) is 18.5. The first-order valence-corrected chi connectivity index (χ1v) is 8.40. The standard InChI is InChI=1S/C20H17ClFN3O/c1-13-6-7-16(9-18(13)21)25-20(26)15-8-17(12-23-10-15)24-11-14-4-2-3-5-19(14)22/h2-10,12,24H,11H2,1H3,(H,25,26). The first kappa shape index (κ1) is 17.9. The lowest BCUT2D eigenvalue weighted by Crippen LogP contribution is -2.13. The summed E-state index contributed by atoms with van der Waals surface area (Å²) in [6.07, 6.45) is 3.06. The first-order chi connectivity index (χ1) is 12.5. The van der Waals surface area contributed by atoms with E-state index in [9.17, 15) is 9.18 Å². The van der Waals surface area contributed by atoms with Crippen LogP contribution < -0.4 is 10.6 Å². The molecule has 0 aliphatic rings. The van der Waals surface area contributed by atoms with E-state index in [1.54, 1.807) is 42.6 Å². The maximum Gasteiger partial charge on any atom is 0.257 e. The van der Waals surface area contributed by atoms with Crippen molar-refractivity contribution < 1.29 is 9.18 Å². The summed E-state index contributed by atoms with van der Waals surface area (Å²) in [4.78, 5) is 16.5. The number of nitrogens with zero attached hydrogens (tertiary/aromatic N) is 1. The van der Waals surface area contributed by atoms with Crippen LogP contribution in [0.2, 0.25) is 5.02 Å². The van der Waals surface area contributed by atoms with E-state index in [4.69, 9.17) is 11.6 Å². The Morgan fingerprint density at radius 2 is 1.92 bits per heavy atom. The second-order valence-electron chi connectivity index (χ2n) is 5.83. The van der Waals surface area contributed by atoms with Gasteiger partial charge in [-0.05, 0) is 36.8 Å². The minimum atomic E-state index is -0.299. The van der Waals surface area contributed by atoms with E-state index in [1.807, 2.05) is 13.0 Å². The monoisotopic (exact) mass is 369 g/mol. The molecule has 6 heteroatoms. The number of aromatic nitrogens is 1. The molecule has 2 N–H and O–H groups in total. The van der Waals surface area contributed by atoms with E-state index < -0.39 is 0 Å². The first-order valence-electron chi connectivity index (χ1n) is 8.03. The van der Waals surface area contributed by atoms with Crippen molar-refractivity contribution >= 4 is 28.9 Å². The number of hydrogen-bond acceptors (Lipinski definition) is 3. The van der Waals surface area contributed by atoms with Crippen LogP contribution in [0.5, 0.6) is 0 Å². The quantitative estimate of drug-likeness (QED) is 0.662. The molecule has 0 unspecified atom stereocenters. The van der Waals surface area contributed by atoms with Crippen LogP contribution in [0.3, 0.4) is 0 Å². The molecule has 0 atom stereocenters. The molecule has 2 aromatic carbocycles. The molecular formula is C20H17ClFN3O. The summed E-state index contributed by atoms with van der Waals surface area (Å²) < 4.78 is 13.7. The van der Waals surface area contributed by atoms with Gasteiger partial charge in [-0.1, -0.05) is 35.9 Å². The molecular weight excluding hydrogens is 353 g/mol. The van der Waals surface area contributed by atoms with Crippen molar-refractivity contribution in [1.29, 1.82) is 0 Å². The maximum absolute atomic E-state index is 13.7. The van der Waals surface area contributed by atoms with Crippen LogP contribution in [-0.2, 0) is 6.54 Å². The number of halogens is 2. The van der Waals surface area contributed by atoms with Crippen molar-refractivity contribution in [2.45, 2.75) is 13.5 Å². The number of carbonyl (C=O) groups is 1. The SMILES string of the molecule is Cc1ccc(NC(=O)c2cncc(NCc3ccccc3F)c2)cc1Cl. The third-order valence-corrected chi connectivity index (χ3v) is 4.28. The van der Waals surface area contributed by atoms with Gasteiger partial charge in [0, 0.05) is 35.2 Å². The summed E-state index contributed by atoms with van der Waals surface area (Å²) in [5.74, 6) is -0.579. The maximum atomic E-state index is 13.7. The van der Waals surface area contributed by atoms with E-state index in [2.05, 4.69) is 15.6 Å². The van der Waals surface area contributed by atoms with Gasteiger partial charge >= 0.3 is 0 Å². The van der Waals surface area contributed by atoms with Crippen molar-refractivity contribution in [3.8, 4) is 0 Å². The van der Waals surface area contributed by atoms with E-state index >= 15 is 0 Å². The van der Waals surface area contributed by atoms with E-state index in [-0.39, 0.29) is 11.7 Å². The number of carbonyl (C=O) groups excluding carboxylic acids is 1. The molecule has 0 radical (unpaired) electrons. The molecule has 0 aliphatic heterocycles. The summed E-state index contributed by atoms with van der Waals surface area (Å²) in [5, 5.41) is 6.44. The second-order valence-corrected chi connectivity index (χ2v) is 6.23. The van der Waals surface area contributed by atoms with Crippen LogP contribution in [0.25, 0.3) is 0 Å². The summed E-state index contributed by atoms with van der Waals surface area (Å²) in [6.45, 7) is 2.19. The third-order valence-electron chi connectivity index (χ3n) is 3.87. The molecule has 1 amide bonds. The van der Waals surface area contributed by atoms with Crippen molar-refractivity contribution in [2.24, 2.45) is 0 Å². The second kappa shape index (κ2) is 7.97. The minimum Gasteiger partial charge on any atom is -0.380 e. The topological polar surface area (TPSA) is 54.0 Å². The van der Waals surface area contributed by atoms with E-state index in [1.165, 1.54) is 12.3 Å². The Bertz CT molecular complexity index is 946. The highest BCUT2D eigenvalue weighted by Gasteiger charge is 2.09.